The molecule has 0 radical (unpaired) electrons. The largest absolute Gasteiger partial charge is 0.456 e. The Hall–Kier alpha value is -6.98. The van der Waals surface area contributed by atoms with Gasteiger partial charge in [-0.1, -0.05) is 127 Å². The molecule has 11 rings (SSSR count). The summed E-state index contributed by atoms with van der Waals surface area (Å²) < 4.78 is 12.9. The summed E-state index contributed by atoms with van der Waals surface area (Å²) in [7, 11) is 0. The van der Waals surface area contributed by atoms with Crippen molar-refractivity contribution in [1.82, 2.24) is 5.32 Å². The highest BCUT2D eigenvalue weighted by Crippen LogP contribution is 2.44. The molecular formula is C47H29N3O2. The van der Waals surface area contributed by atoms with Gasteiger partial charge in [0, 0.05) is 38.2 Å². The molecule has 0 saturated heterocycles. The molecule has 0 spiro atoms. The van der Waals surface area contributed by atoms with Gasteiger partial charge in [-0.05, 0) is 69.1 Å². The quantitative estimate of drug-likeness (QED) is 0.203. The van der Waals surface area contributed by atoms with E-state index in [-0.39, 0.29) is 0 Å². The summed E-state index contributed by atoms with van der Waals surface area (Å²) in [4.78, 5) is 10.7. The highest BCUT2D eigenvalue weighted by Gasteiger charge is 2.26. The van der Waals surface area contributed by atoms with E-state index in [1.54, 1.807) is 0 Å². The zero-order valence-corrected chi connectivity index (χ0v) is 27.9. The lowest BCUT2D eigenvalue weighted by molar-refractivity contribution is 0.667. The lowest BCUT2D eigenvalue weighted by Crippen LogP contribution is -2.36. The highest BCUT2D eigenvalue weighted by atomic mass is 16.3. The fraction of sp³-hybridized carbons (Fsp3) is 0.0213. The number of amidine groups is 2. The van der Waals surface area contributed by atoms with E-state index in [0.717, 1.165) is 94.1 Å². The Kier molecular flexibility index (Phi) is 6.25. The summed E-state index contributed by atoms with van der Waals surface area (Å²) in [5.74, 6) is 1.54. The SMILES string of the molecule is c1ccc2cc(C3=NC(c4cccc5oc6cccc(-c7cccc8oc9ccccc9c78)c6c45)N=C(c4ccc5ccccc5c4)N3)ccc2c1. The summed E-state index contributed by atoms with van der Waals surface area (Å²) in [6, 6.07) is 56.8. The fourth-order valence-corrected chi connectivity index (χ4v) is 7.89. The lowest BCUT2D eigenvalue weighted by atomic mass is 9.93. The summed E-state index contributed by atoms with van der Waals surface area (Å²) in [5.41, 5.74) is 8.49. The van der Waals surface area contributed by atoms with Gasteiger partial charge in [-0.2, -0.15) is 0 Å². The second-order valence-corrected chi connectivity index (χ2v) is 13.4. The minimum atomic E-state index is -0.535. The van der Waals surface area contributed by atoms with Gasteiger partial charge < -0.3 is 14.2 Å². The zero-order valence-electron chi connectivity index (χ0n) is 27.9. The predicted molar refractivity (Wildman–Crippen MR) is 213 cm³/mol. The van der Waals surface area contributed by atoms with Gasteiger partial charge in [-0.3, -0.25) is 0 Å². The van der Waals surface area contributed by atoms with Crippen LogP contribution in [0.4, 0.5) is 0 Å². The molecule has 5 nitrogen and oxygen atoms in total. The molecule has 3 heterocycles. The first-order chi connectivity index (χ1) is 25.7. The Labute approximate surface area is 298 Å². The molecule has 0 atom stereocenters. The van der Waals surface area contributed by atoms with E-state index in [1.807, 2.05) is 36.4 Å². The normalized spacial score (nSPS) is 13.7. The van der Waals surface area contributed by atoms with Crippen molar-refractivity contribution in [3.63, 3.8) is 0 Å². The van der Waals surface area contributed by atoms with Crippen LogP contribution in [0, 0.1) is 0 Å². The monoisotopic (exact) mass is 667 g/mol. The molecule has 0 amide bonds. The van der Waals surface area contributed by atoms with Gasteiger partial charge in [0.1, 0.15) is 34.0 Å². The van der Waals surface area contributed by atoms with Gasteiger partial charge in [0.05, 0.1) is 0 Å². The molecule has 5 heteroatoms. The number of nitrogens with zero attached hydrogens (tertiary/aromatic N) is 2. The van der Waals surface area contributed by atoms with Crippen LogP contribution >= 0.6 is 0 Å². The number of fused-ring (bicyclic) bond motifs is 8. The van der Waals surface area contributed by atoms with E-state index in [9.17, 15) is 0 Å². The Balaban J connectivity index is 1.15. The third-order valence-corrected chi connectivity index (χ3v) is 10.3. The maximum Gasteiger partial charge on any atom is 0.170 e. The number of aliphatic imine (C=N–C) groups is 2. The maximum absolute atomic E-state index is 6.61. The maximum atomic E-state index is 6.61. The van der Waals surface area contributed by atoms with Crippen molar-refractivity contribution in [2.75, 3.05) is 0 Å². The molecule has 8 aromatic carbocycles. The van der Waals surface area contributed by atoms with Gasteiger partial charge in [-0.15, -0.1) is 0 Å². The number of para-hydroxylation sites is 1. The highest BCUT2D eigenvalue weighted by molar-refractivity contribution is 6.21. The van der Waals surface area contributed by atoms with Crippen LogP contribution in [-0.4, -0.2) is 11.7 Å². The average Bonchev–Trinajstić information content (AvgIpc) is 3.79. The van der Waals surface area contributed by atoms with Crippen LogP contribution in [0.2, 0.25) is 0 Å². The van der Waals surface area contributed by atoms with Crippen molar-refractivity contribution in [2.24, 2.45) is 9.98 Å². The molecule has 0 saturated carbocycles. The third-order valence-electron chi connectivity index (χ3n) is 10.3. The van der Waals surface area contributed by atoms with Gasteiger partial charge in [0.15, 0.2) is 6.17 Å². The molecule has 2 aromatic heterocycles. The Morgan fingerprint density at radius 1 is 0.404 bits per heavy atom. The van der Waals surface area contributed by atoms with E-state index in [2.05, 4.69) is 133 Å². The van der Waals surface area contributed by atoms with Crippen molar-refractivity contribution < 1.29 is 8.83 Å². The Morgan fingerprint density at radius 3 is 1.58 bits per heavy atom. The van der Waals surface area contributed by atoms with Gasteiger partial charge in [-0.25, -0.2) is 9.98 Å². The first kappa shape index (κ1) is 28.8. The molecule has 52 heavy (non-hydrogen) atoms. The average molecular weight is 668 g/mol. The molecule has 1 aliphatic rings. The zero-order chi connectivity index (χ0) is 34.2. The van der Waals surface area contributed by atoms with E-state index in [4.69, 9.17) is 18.8 Å². The van der Waals surface area contributed by atoms with E-state index >= 15 is 0 Å². The first-order valence-corrected chi connectivity index (χ1v) is 17.5. The number of benzene rings is 8. The third kappa shape index (κ3) is 4.49. The lowest BCUT2D eigenvalue weighted by Gasteiger charge is -2.23. The van der Waals surface area contributed by atoms with Crippen molar-refractivity contribution in [2.45, 2.75) is 6.17 Å². The van der Waals surface area contributed by atoms with Crippen LogP contribution in [0.15, 0.2) is 183 Å². The van der Waals surface area contributed by atoms with Gasteiger partial charge in [0.25, 0.3) is 0 Å². The van der Waals surface area contributed by atoms with E-state index in [0.29, 0.717) is 0 Å². The smallest absolute Gasteiger partial charge is 0.170 e. The fourth-order valence-electron chi connectivity index (χ4n) is 7.89. The predicted octanol–water partition coefficient (Wildman–Crippen LogP) is 12.0. The summed E-state index contributed by atoms with van der Waals surface area (Å²) in [5, 5.41) is 12.5. The molecular weight excluding hydrogens is 639 g/mol. The number of nitrogens with one attached hydrogen (secondary N) is 1. The minimum absolute atomic E-state index is 0.535. The van der Waals surface area contributed by atoms with Crippen molar-refractivity contribution in [3.05, 3.63) is 180 Å². The van der Waals surface area contributed by atoms with Crippen molar-refractivity contribution in [3.8, 4) is 11.1 Å². The Morgan fingerprint density at radius 2 is 0.904 bits per heavy atom. The van der Waals surface area contributed by atoms with Crippen LogP contribution in [0.3, 0.4) is 0 Å². The number of hydrogen-bond donors (Lipinski definition) is 1. The second-order valence-electron chi connectivity index (χ2n) is 13.4. The molecule has 1 N–H and O–H groups in total. The standard InChI is InChI=1S/C47H29N3O2/c1-3-12-30-26-32(24-22-28(30)10-1)45-48-46(33-25-23-29-11-2-4-13-31(29)27-33)50-47(49-45)37-17-9-21-41-44(37)43-35(16-8-20-40(43)52-41)34-15-7-19-39-42(34)36-14-5-6-18-38(36)51-39/h1-27,47H,(H,48,49,50). The topological polar surface area (TPSA) is 63.0 Å². The van der Waals surface area contributed by atoms with E-state index < -0.39 is 6.17 Å². The van der Waals surface area contributed by atoms with Crippen molar-refractivity contribution >= 4 is 77.1 Å². The summed E-state index contributed by atoms with van der Waals surface area (Å²) >= 11 is 0. The summed E-state index contributed by atoms with van der Waals surface area (Å²) in [6.07, 6.45) is -0.535. The first-order valence-electron chi connectivity index (χ1n) is 17.5. The van der Waals surface area contributed by atoms with Gasteiger partial charge >= 0.3 is 0 Å². The molecule has 0 bridgehead atoms. The van der Waals surface area contributed by atoms with Crippen LogP contribution < -0.4 is 5.32 Å². The second kappa shape index (κ2) is 11.3. The molecule has 244 valence electrons. The number of furan rings is 2. The Bertz CT molecular complexity index is 3030. The van der Waals surface area contributed by atoms with E-state index in [1.165, 1.54) is 10.8 Å². The minimum Gasteiger partial charge on any atom is -0.456 e. The summed E-state index contributed by atoms with van der Waals surface area (Å²) in [6.45, 7) is 0. The molecule has 0 unspecified atom stereocenters. The molecule has 1 aliphatic heterocycles. The molecule has 0 aliphatic carbocycles. The van der Waals surface area contributed by atoms with Crippen LogP contribution in [0.25, 0.3) is 76.5 Å². The van der Waals surface area contributed by atoms with Crippen molar-refractivity contribution in [1.29, 1.82) is 0 Å². The van der Waals surface area contributed by atoms with Crippen LogP contribution in [-0.2, 0) is 0 Å². The van der Waals surface area contributed by atoms with Crippen LogP contribution in [0.1, 0.15) is 22.9 Å². The number of rotatable bonds is 4. The molecule has 10 aromatic rings. The number of hydrogen-bond acceptors (Lipinski definition) is 5. The van der Waals surface area contributed by atoms with Crippen LogP contribution in [0.5, 0.6) is 0 Å². The van der Waals surface area contributed by atoms with Gasteiger partial charge in [0.2, 0.25) is 0 Å². The molecule has 0 fully saturated rings.